The standard InChI is InChI=1S/C9H11N3O6/c10-3-1-2-12(9(17)11-3)7-5(14)4(13)6(18-7)8(15)16/h1-2,4-7,13-14H,(H,15,16)(H2,10,11,17)/t4-,5-,6-,7+/m0/s1. The molecule has 4 atom stereocenters. The lowest BCUT2D eigenvalue weighted by atomic mass is 10.1. The molecular weight excluding hydrogens is 246 g/mol. The minimum atomic E-state index is -1.63. The summed E-state index contributed by atoms with van der Waals surface area (Å²) in [6.45, 7) is 0. The summed E-state index contributed by atoms with van der Waals surface area (Å²) in [5.41, 5.74) is 4.48. The van der Waals surface area contributed by atoms with E-state index in [9.17, 15) is 19.8 Å². The molecule has 1 aromatic rings. The highest BCUT2D eigenvalue weighted by atomic mass is 16.6. The van der Waals surface area contributed by atoms with Crippen LogP contribution in [0.1, 0.15) is 6.23 Å². The lowest BCUT2D eigenvalue weighted by Crippen LogP contribution is -2.37. The zero-order valence-corrected chi connectivity index (χ0v) is 9.00. The lowest BCUT2D eigenvalue weighted by molar-refractivity contribution is -0.155. The Bertz CT molecular complexity index is 529. The Hall–Kier alpha value is -1.97. The Morgan fingerprint density at radius 2 is 2.11 bits per heavy atom. The molecule has 0 aromatic carbocycles. The van der Waals surface area contributed by atoms with Crippen LogP contribution in [-0.2, 0) is 9.53 Å². The van der Waals surface area contributed by atoms with Crippen molar-refractivity contribution >= 4 is 11.8 Å². The fourth-order valence-electron chi connectivity index (χ4n) is 1.71. The highest BCUT2D eigenvalue weighted by molar-refractivity contribution is 5.73. The number of anilines is 1. The number of ether oxygens (including phenoxy) is 1. The van der Waals surface area contributed by atoms with Crippen LogP contribution < -0.4 is 11.4 Å². The maximum Gasteiger partial charge on any atom is 0.351 e. The van der Waals surface area contributed by atoms with Gasteiger partial charge in [-0.3, -0.25) is 4.57 Å². The Morgan fingerprint density at radius 1 is 1.44 bits per heavy atom. The number of aliphatic hydroxyl groups is 2. The monoisotopic (exact) mass is 257 g/mol. The molecule has 0 amide bonds. The third-order valence-electron chi connectivity index (χ3n) is 2.61. The number of aromatic nitrogens is 2. The number of nitrogen functional groups attached to an aromatic ring is 1. The normalized spacial score (nSPS) is 31.4. The Labute approximate surface area is 100 Å². The second-order valence-electron chi connectivity index (χ2n) is 3.81. The predicted molar refractivity (Wildman–Crippen MR) is 56.5 cm³/mol. The third kappa shape index (κ3) is 1.94. The molecule has 0 radical (unpaired) electrons. The van der Waals surface area contributed by atoms with E-state index in [2.05, 4.69) is 4.98 Å². The van der Waals surface area contributed by atoms with Gasteiger partial charge in [-0.05, 0) is 6.07 Å². The molecule has 5 N–H and O–H groups in total. The molecular formula is C9H11N3O6. The van der Waals surface area contributed by atoms with E-state index in [1.807, 2.05) is 0 Å². The SMILES string of the molecule is Nc1ccn([C@@H]2O[C@H](C(=O)O)[C@@H](O)[C@@H]2O)c(=O)n1. The summed E-state index contributed by atoms with van der Waals surface area (Å²) in [5.74, 6) is -1.44. The van der Waals surface area contributed by atoms with Gasteiger partial charge >= 0.3 is 11.7 Å². The van der Waals surface area contributed by atoms with Crippen LogP contribution in [0.3, 0.4) is 0 Å². The van der Waals surface area contributed by atoms with Gasteiger partial charge in [0, 0.05) is 6.20 Å². The van der Waals surface area contributed by atoms with Crippen molar-refractivity contribution in [3.05, 3.63) is 22.7 Å². The second kappa shape index (κ2) is 4.37. The van der Waals surface area contributed by atoms with Crippen LogP contribution in [0.5, 0.6) is 0 Å². The van der Waals surface area contributed by atoms with Gasteiger partial charge in [0.05, 0.1) is 0 Å². The van der Waals surface area contributed by atoms with E-state index in [-0.39, 0.29) is 5.82 Å². The van der Waals surface area contributed by atoms with Crippen molar-refractivity contribution in [2.75, 3.05) is 5.73 Å². The van der Waals surface area contributed by atoms with Gasteiger partial charge in [0.2, 0.25) is 0 Å². The van der Waals surface area contributed by atoms with Gasteiger partial charge < -0.3 is 25.8 Å². The van der Waals surface area contributed by atoms with Gasteiger partial charge in [-0.2, -0.15) is 4.98 Å². The van der Waals surface area contributed by atoms with Crippen LogP contribution in [-0.4, -0.2) is 49.2 Å². The van der Waals surface area contributed by atoms with Gasteiger partial charge in [0.15, 0.2) is 12.3 Å². The van der Waals surface area contributed by atoms with E-state index >= 15 is 0 Å². The van der Waals surface area contributed by atoms with Gasteiger partial charge in [0.1, 0.15) is 18.0 Å². The number of aliphatic hydroxyl groups excluding tert-OH is 2. The van der Waals surface area contributed by atoms with Crippen LogP contribution >= 0.6 is 0 Å². The van der Waals surface area contributed by atoms with Crippen LogP contribution in [0.4, 0.5) is 5.82 Å². The molecule has 9 heteroatoms. The van der Waals surface area contributed by atoms with Crippen LogP contribution in [0.15, 0.2) is 17.1 Å². The molecule has 0 spiro atoms. The molecule has 98 valence electrons. The number of carboxylic acids is 1. The fraction of sp³-hybridized carbons (Fsp3) is 0.444. The van der Waals surface area contributed by atoms with Crippen molar-refractivity contribution in [2.45, 2.75) is 24.5 Å². The molecule has 2 rings (SSSR count). The third-order valence-corrected chi connectivity index (χ3v) is 2.61. The van der Waals surface area contributed by atoms with Gasteiger partial charge in [-0.15, -0.1) is 0 Å². The molecule has 0 unspecified atom stereocenters. The van der Waals surface area contributed by atoms with E-state index in [0.29, 0.717) is 0 Å². The molecule has 1 aliphatic rings. The van der Waals surface area contributed by atoms with Crippen molar-refractivity contribution in [1.82, 2.24) is 9.55 Å². The summed E-state index contributed by atoms with van der Waals surface area (Å²) in [6.07, 6.45) is -4.89. The van der Waals surface area contributed by atoms with Crippen LogP contribution in [0.2, 0.25) is 0 Å². The van der Waals surface area contributed by atoms with E-state index in [4.69, 9.17) is 15.6 Å². The van der Waals surface area contributed by atoms with Crippen molar-refractivity contribution in [1.29, 1.82) is 0 Å². The summed E-state index contributed by atoms with van der Waals surface area (Å²) in [7, 11) is 0. The molecule has 0 saturated carbocycles. The minimum absolute atomic E-state index is 0.0148. The zero-order chi connectivity index (χ0) is 13.4. The highest BCUT2D eigenvalue weighted by Crippen LogP contribution is 2.28. The summed E-state index contributed by atoms with van der Waals surface area (Å²) in [6, 6.07) is 1.29. The number of hydrogen-bond donors (Lipinski definition) is 4. The predicted octanol–water partition coefficient (Wildman–Crippen LogP) is -2.47. The molecule has 2 heterocycles. The average molecular weight is 257 g/mol. The fourth-order valence-corrected chi connectivity index (χ4v) is 1.71. The Morgan fingerprint density at radius 3 is 2.61 bits per heavy atom. The van der Waals surface area contributed by atoms with Gasteiger partial charge in [-0.1, -0.05) is 0 Å². The molecule has 1 aromatic heterocycles. The maximum absolute atomic E-state index is 11.5. The van der Waals surface area contributed by atoms with Gasteiger partial charge in [0.25, 0.3) is 0 Å². The average Bonchev–Trinajstić information content (AvgIpc) is 2.57. The second-order valence-corrected chi connectivity index (χ2v) is 3.81. The maximum atomic E-state index is 11.5. The lowest BCUT2D eigenvalue weighted by Gasteiger charge is -2.16. The molecule has 18 heavy (non-hydrogen) atoms. The molecule has 1 fully saturated rings. The number of nitrogens with zero attached hydrogens (tertiary/aromatic N) is 2. The summed E-state index contributed by atoms with van der Waals surface area (Å²) in [4.78, 5) is 25.7. The van der Waals surface area contributed by atoms with Crippen molar-refractivity contribution in [3.8, 4) is 0 Å². The van der Waals surface area contributed by atoms with Crippen molar-refractivity contribution < 1.29 is 24.9 Å². The van der Waals surface area contributed by atoms with Crippen LogP contribution in [0, 0.1) is 0 Å². The number of rotatable bonds is 2. The summed E-state index contributed by atoms with van der Waals surface area (Å²) in [5, 5.41) is 27.9. The zero-order valence-electron chi connectivity index (χ0n) is 9.00. The van der Waals surface area contributed by atoms with Crippen molar-refractivity contribution in [3.63, 3.8) is 0 Å². The summed E-state index contributed by atoms with van der Waals surface area (Å²) >= 11 is 0. The number of hydrogen-bond acceptors (Lipinski definition) is 7. The molecule has 1 saturated heterocycles. The van der Waals surface area contributed by atoms with E-state index in [0.717, 1.165) is 4.57 Å². The molecule has 9 nitrogen and oxygen atoms in total. The number of nitrogens with two attached hydrogens (primary N) is 1. The van der Waals surface area contributed by atoms with E-state index in [1.54, 1.807) is 0 Å². The Balaban J connectivity index is 2.35. The molecule has 1 aliphatic heterocycles. The van der Waals surface area contributed by atoms with E-state index < -0.39 is 36.2 Å². The number of carboxylic acid groups (broad SMARTS) is 1. The first-order valence-electron chi connectivity index (χ1n) is 5.01. The topological polar surface area (TPSA) is 148 Å². The largest absolute Gasteiger partial charge is 0.479 e. The Kier molecular flexibility index (Phi) is 3.03. The minimum Gasteiger partial charge on any atom is -0.479 e. The molecule has 0 bridgehead atoms. The van der Waals surface area contributed by atoms with E-state index in [1.165, 1.54) is 12.3 Å². The quantitative estimate of drug-likeness (QED) is 0.455. The van der Waals surface area contributed by atoms with Gasteiger partial charge in [-0.25, -0.2) is 9.59 Å². The molecule has 0 aliphatic carbocycles. The number of carbonyl (C=O) groups is 1. The first-order valence-corrected chi connectivity index (χ1v) is 5.01. The van der Waals surface area contributed by atoms with Crippen molar-refractivity contribution in [2.24, 2.45) is 0 Å². The first kappa shape index (κ1) is 12.5. The highest BCUT2D eigenvalue weighted by Gasteiger charge is 2.47. The number of aliphatic carboxylic acids is 1. The van der Waals surface area contributed by atoms with Crippen LogP contribution in [0.25, 0.3) is 0 Å². The first-order chi connectivity index (χ1) is 8.41. The summed E-state index contributed by atoms with van der Waals surface area (Å²) < 4.78 is 5.80. The smallest absolute Gasteiger partial charge is 0.351 e.